The zero-order valence-electron chi connectivity index (χ0n) is 11.4. The predicted octanol–water partition coefficient (Wildman–Crippen LogP) is 4.12. The standard InChI is InChI=1S/C15H26BrNO/c16-12-14-8-4-5-11-17(14)15(18)10-9-13-6-2-1-3-7-13/h13-14H,1-12H2. The van der Waals surface area contributed by atoms with Crippen molar-refractivity contribution in [3.05, 3.63) is 0 Å². The molecule has 1 amide bonds. The van der Waals surface area contributed by atoms with E-state index in [1.807, 2.05) is 0 Å². The van der Waals surface area contributed by atoms with Crippen LogP contribution in [0.2, 0.25) is 0 Å². The molecule has 1 saturated heterocycles. The third kappa shape index (κ3) is 3.97. The summed E-state index contributed by atoms with van der Waals surface area (Å²) in [4.78, 5) is 14.5. The minimum absolute atomic E-state index is 0.407. The number of hydrogen-bond donors (Lipinski definition) is 0. The van der Waals surface area contributed by atoms with E-state index in [1.54, 1.807) is 0 Å². The molecule has 0 aromatic carbocycles. The molecule has 3 heteroatoms. The summed E-state index contributed by atoms with van der Waals surface area (Å²) in [5, 5.41) is 0.947. The molecule has 1 unspecified atom stereocenters. The molecule has 1 aliphatic carbocycles. The maximum Gasteiger partial charge on any atom is 0.222 e. The number of rotatable bonds is 4. The Labute approximate surface area is 120 Å². The van der Waals surface area contributed by atoms with E-state index >= 15 is 0 Å². The average molecular weight is 316 g/mol. The molecule has 2 fully saturated rings. The summed E-state index contributed by atoms with van der Waals surface area (Å²) in [6, 6.07) is 0.456. The van der Waals surface area contributed by atoms with E-state index in [9.17, 15) is 4.79 Å². The highest BCUT2D eigenvalue weighted by Crippen LogP contribution is 2.28. The molecule has 0 N–H and O–H groups in total. The lowest BCUT2D eigenvalue weighted by atomic mass is 9.86. The minimum Gasteiger partial charge on any atom is -0.339 e. The molecule has 2 rings (SSSR count). The van der Waals surface area contributed by atoms with Crippen LogP contribution in [0.25, 0.3) is 0 Å². The van der Waals surface area contributed by atoms with Gasteiger partial charge in [0.05, 0.1) is 0 Å². The monoisotopic (exact) mass is 315 g/mol. The molecular weight excluding hydrogens is 290 g/mol. The molecule has 0 aromatic heterocycles. The average Bonchev–Trinajstić information content (AvgIpc) is 2.45. The van der Waals surface area contributed by atoms with Crippen LogP contribution in [0.1, 0.15) is 64.2 Å². The van der Waals surface area contributed by atoms with Gasteiger partial charge in [0, 0.05) is 24.3 Å². The molecule has 1 heterocycles. The van der Waals surface area contributed by atoms with Gasteiger partial charge in [0.2, 0.25) is 5.91 Å². The number of hydrogen-bond acceptors (Lipinski definition) is 1. The van der Waals surface area contributed by atoms with Gasteiger partial charge in [-0.3, -0.25) is 4.79 Å². The number of halogens is 1. The van der Waals surface area contributed by atoms with Gasteiger partial charge >= 0.3 is 0 Å². The summed E-state index contributed by atoms with van der Waals surface area (Å²) in [5.74, 6) is 1.24. The first-order chi connectivity index (χ1) is 8.81. The SMILES string of the molecule is O=C(CCC1CCCCC1)N1CCCCC1CBr. The Morgan fingerprint density at radius 3 is 2.50 bits per heavy atom. The Kier molecular flexibility index (Phi) is 6.00. The summed E-state index contributed by atoms with van der Waals surface area (Å²) in [5.41, 5.74) is 0. The van der Waals surface area contributed by atoms with Crippen LogP contribution in [-0.2, 0) is 4.79 Å². The van der Waals surface area contributed by atoms with Crippen LogP contribution in [0.5, 0.6) is 0 Å². The van der Waals surface area contributed by atoms with E-state index < -0.39 is 0 Å². The van der Waals surface area contributed by atoms with Crippen molar-refractivity contribution in [3.8, 4) is 0 Å². The minimum atomic E-state index is 0.407. The fourth-order valence-electron chi connectivity index (χ4n) is 3.44. The van der Waals surface area contributed by atoms with Gasteiger partial charge in [0.15, 0.2) is 0 Å². The highest BCUT2D eigenvalue weighted by molar-refractivity contribution is 9.09. The van der Waals surface area contributed by atoms with Crippen molar-refractivity contribution in [2.24, 2.45) is 5.92 Å². The molecule has 2 nitrogen and oxygen atoms in total. The summed E-state index contributed by atoms with van der Waals surface area (Å²) in [6.45, 7) is 0.986. The van der Waals surface area contributed by atoms with Gasteiger partial charge in [-0.15, -0.1) is 0 Å². The molecule has 104 valence electrons. The first-order valence-electron chi connectivity index (χ1n) is 7.66. The quantitative estimate of drug-likeness (QED) is 0.714. The summed E-state index contributed by atoms with van der Waals surface area (Å²) < 4.78 is 0. The van der Waals surface area contributed by atoms with E-state index in [-0.39, 0.29) is 0 Å². The van der Waals surface area contributed by atoms with Gasteiger partial charge in [-0.1, -0.05) is 48.0 Å². The van der Waals surface area contributed by atoms with Crippen molar-refractivity contribution < 1.29 is 4.79 Å². The van der Waals surface area contributed by atoms with Crippen LogP contribution >= 0.6 is 15.9 Å². The largest absolute Gasteiger partial charge is 0.339 e. The molecule has 18 heavy (non-hydrogen) atoms. The van der Waals surface area contributed by atoms with Gasteiger partial charge in [0.1, 0.15) is 0 Å². The second kappa shape index (κ2) is 7.52. The second-order valence-electron chi connectivity index (χ2n) is 5.93. The predicted molar refractivity (Wildman–Crippen MR) is 79.0 cm³/mol. The van der Waals surface area contributed by atoms with Crippen molar-refractivity contribution in [2.75, 3.05) is 11.9 Å². The third-order valence-corrected chi connectivity index (χ3v) is 5.36. The number of piperidine rings is 1. The van der Waals surface area contributed by atoms with Crippen LogP contribution in [0, 0.1) is 5.92 Å². The van der Waals surface area contributed by atoms with E-state index in [1.165, 1.54) is 51.4 Å². The van der Waals surface area contributed by atoms with Crippen LogP contribution in [0.3, 0.4) is 0 Å². The Morgan fingerprint density at radius 1 is 1.06 bits per heavy atom. The molecule has 0 spiro atoms. The normalized spacial score (nSPS) is 26.3. The highest BCUT2D eigenvalue weighted by Gasteiger charge is 2.26. The Morgan fingerprint density at radius 2 is 1.78 bits per heavy atom. The molecular formula is C15H26BrNO. The van der Waals surface area contributed by atoms with Crippen LogP contribution in [0.4, 0.5) is 0 Å². The fourth-order valence-corrected chi connectivity index (χ4v) is 4.11. The van der Waals surface area contributed by atoms with Crippen molar-refractivity contribution in [2.45, 2.75) is 70.3 Å². The number of carbonyl (C=O) groups excluding carboxylic acids is 1. The number of likely N-dealkylation sites (tertiary alicyclic amines) is 1. The topological polar surface area (TPSA) is 20.3 Å². The van der Waals surface area contributed by atoms with Crippen molar-refractivity contribution in [3.63, 3.8) is 0 Å². The lowest BCUT2D eigenvalue weighted by Crippen LogP contribution is -2.44. The number of carbonyl (C=O) groups is 1. The lowest BCUT2D eigenvalue weighted by Gasteiger charge is -2.35. The maximum absolute atomic E-state index is 12.3. The van der Waals surface area contributed by atoms with E-state index in [2.05, 4.69) is 20.8 Å². The number of alkyl halides is 1. The maximum atomic E-state index is 12.3. The van der Waals surface area contributed by atoms with E-state index in [0.29, 0.717) is 11.9 Å². The lowest BCUT2D eigenvalue weighted by molar-refractivity contribution is -0.134. The van der Waals surface area contributed by atoms with E-state index in [4.69, 9.17) is 0 Å². The zero-order valence-corrected chi connectivity index (χ0v) is 13.0. The van der Waals surface area contributed by atoms with Crippen LogP contribution in [-0.4, -0.2) is 28.7 Å². The molecule has 0 bridgehead atoms. The Hall–Kier alpha value is -0.0500. The highest BCUT2D eigenvalue weighted by atomic mass is 79.9. The molecule has 0 aromatic rings. The summed E-state index contributed by atoms with van der Waals surface area (Å²) >= 11 is 3.55. The zero-order chi connectivity index (χ0) is 12.8. The third-order valence-electron chi connectivity index (χ3n) is 4.62. The molecule has 1 saturated carbocycles. The van der Waals surface area contributed by atoms with Gasteiger partial charge in [-0.05, 0) is 31.6 Å². The summed E-state index contributed by atoms with van der Waals surface area (Å²) in [7, 11) is 0. The van der Waals surface area contributed by atoms with E-state index in [0.717, 1.165) is 30.6 Å². The molecule has 1 atom stereocenters. The molecule has 0 radical (unpaired) electrons. The van der Waals surface area contributed by atoms with Crippen molar-refractivity contribution in [1.82, 2.24) is 4.90 Å². The van der Waals surface area contributed by atoms with Crippen molar-refractivity contribution >= 4 is 21.8 Å². The Balaban J connectivity index is 1.75. The Bertz CT molecular complexity index is 263. The number of nitrogens with zero attached hydrogens (tertiary/aromatic N) is 1. The van der Waals surface area contributed by atoms with Gasteiger partial charge in [-0.2, -0.15) is 0 Å². The molecule has 2 aliphatic rings. The first-order valence-corrected chi connectivity index (χ1v) is 8.79. The fraction of sp³-hybridized carbons (Fsp3) is 0.933. The van der Waals surface area contributed by atoms with Gasteiger partial charge < -0.3 is 4.90 Å². The van der Waals surface area contributed by atoms with Crippen LogP contribution in [0.15, 0.2) is 0 Å². The second-order valence-corrected chi connectivity index (χ2v) is 6.58. The first kappa shape index (κ1) is 14.4. The van der Waals surface area contributed by atoms with Crippen LogP contribution < -0.4 is 0 Å². The summed E-state index contributed by atoms with van der Waals surface area (Å²) in [6.07, 6.45) is 12.5. The smallest absolute Gasteiger partial charge is 0.222 e. The van der Waals surface area contributed by atoms with Gasteiger partial charge in [0.25, 0.3) is 0 Å². The van der Waals surface area contributed by atoms with Gasteiger partial charge in [-0.25, -0.2) is 0 Å². The molecule has 1 aliphatic heterocycles. The number of amides is 1. The van der Waals surface area contributed by atoms with Crippen molar-refractivity contribution in [1.29, 1.82) is 0 Å².